The van der Waals surface area contributed by atoms with Gasteiger partial charge < -0.3 is 10.2 Å². The molecular formula is C17H17N3O2. The van der Waals surface area contributed by atoms with Crippen molar-refractivity contribution in [2.24, 2.45) is 0 Å². The summed E-state index contributed by atoms with van der Waals surface area (Å²) in [5.41, 5.74) is 2.72. The maximum atomic E-state index is 12.5. The number of fused-ring (bicyclic) bond motifs is 1. The number of hydrogen-bond acceptors (Lipinski definition) is 3. The van der Waals surface area contributed by atoms with Gasteiger partial charge in [0.1, 0.15) is 5.82 Å². The number of rotatable bonds is 1. The van der Waals surface area contributed by atoms with E-state index in [0.717, 1.165) is 23.2 Å². The predicted octanol–water partition coefficient (Wildman–Crippen LogP) is 2.31. The Balaban J connectivity index is 1.82. The van der Waals surface area contributed by atoms with Crippen LogP contribution in [0.15, 0.2) is 42.6 Å². The zero-order valence-corrected chi connectivity index (χ0v) is 12.5. The number of anilines is 2. The van der Waals surface area contributed by atoms with Crippen LogP contribution in [0.4, 0.5) is 11.5 Å². The largest absolute Gasteiger partial charge is 0.316 e. The van der Waals surface area contributed by atoms with Gasteiger partial charge in [-0.3, -0.25) is 9.59 Å². The number of aryl methyl sites for hydroxylation is 1. The maximum absolute atomic E-state index is 12.5. The fourth-order valence-corrected chi connectivity index (χ4v) is 2.76. The van der Waals surface area contributed by atoms with Gasteiger partial charge in [-0.2, -0.15) is 0 Å². The molecule has 1 aliphatic heterocycles. The van der Waals surface area contributed by atoms with Crippen LogP contribution < -0.4 is 10.2 Å². The van der Waals surface area contributed by atoms with Crippen molar-refractivity contribution in [2.75, 3.05) is 10.2 Å². The molecule has 1 aromatic carbocycles. The van der Waals surface area contributed by atoms with Crippen molar-refractivity contribution in [3.05, 3.63) is 53.7 Å². The van der Waals surface area contributed by atoms with E-state index in [1.165, 1.54) is 0 Å². The van der Waals surface area contributed by atoms with Crippen LogP contribution in [-0.4, -0.2) is 22.8 Å². The van der Waals surface area contributed by atoms with E-state index >= 15 is 0 Å². The minimum atomic E-state index is -0.662. The number of amides is 2. The standard InChI is InChI=1S/C17H17N3O2/c1-11-6-5-9-18-15(11)19-16(21)17(22)20-12(2)10-13-7-3-4-8-14(13)20/h3-9,12H,10H2,1-2H3,(H,18,19,21). The lowest BCUT2D eigenvalue weighted by atomic mass is 10.1. The highest BCUT2D eigenvalue weighted by atomic mass is 16.2. The van der Waals surface area contributed by atoms with Crippen LogP contribution in [0.1, 0.15) is 18.1 Å². The van der Waals surface area contributed by atoms with Crippen LogP contribution in [0.2, 0.25) is 0 Å². The van der Waals surface area contributed by atoms with Crippen LogP contribution in [0, 0.1) is 6.92 Å². The van der Waals surface area contributed by atoms with Crippen LogP contribution >= 0.6 is 0 Å². The van der Waals surface area contributed by atoms with Crippen LogP contribution in [0.5, 0.6) is 0 Å². The highest BCUT2D eigenvalue weighted by molar-refractivity contribution is 6.44. The number of carbonyl (C=O) groups excluding carboxylic acids is 2. The van der Waals surface area contributed by atoms with E-state index in [1.807, 2.05) is 44.2 Å². The molecule has 22 heavy (non-hydrogen) atoms. The minimum Gasteiger partial charge on any atom is -0.302 e. The summed E-state index contributed by atoms with van der Waals surface area (Å²) in [5, 5.41) is 2.60. The Morgan fingerprint density at radius 1 is 1.23 bits per heavy atom. The smallest absolute Gasteiger partial charge is 0.302 e. The molecule has 0 saturated heterocycles. The lowest BCUT2D eigenvalue weighted by molar-refractivity contribution is -0.134. The monoisotopic (exact) mass is 295 g/mol. The lowest BCUT2D eigenvalue weighted by Crippen LogP contribution is -2.43. The molecule has 1 aliphatic rings. The first-order valence-corrected chi connectivity index (χ1v) is 7.22. The minimum absolute atomic E-state index is 0.0273. The third-order valence-corrected chi connectivity index (χ3v) is 3.86. The predicted molar refractivity (Wildman–Crippen MR) is 84.7 cm³/mol. The summed E-state index contributed by atoms with van der Waals surface area (Å²) in [5.74, 6) is -0.797. The van der Waals surface area contributed by atoms with Crippen LogP contribution in [-0.2, 0) is 16.0 Å². The third-order valence-electron chi connectivity index (χ3n) is 3.86. The second-order valence-electron chi connectivity index (χ2n) is 5.48. The number of pyridine rings is 1. The lowest BCUT2D eigenvalue weighted by Gasteiger charge is -2.22. The molecule has 0 radical (unpaired) electrons. The molecule has 2 amide bonds. The van der Waals surface area contributed by atoms with Gasteiger partial charge in [-0.05, 0) is 43.5 Å². The average Bonchev–Trinajstić information content (AvgIpc) is 2.84. The van der Waals surface area contributed by atoms with Crippen molar-refractivity contribution in [3.8, 4) is 0 Å². The fraction of sp³-hybridized carbons (Fsp3) is 0.235. The zero-order chi connectivity index (χ0) is 15.7. The van der Waals surface area contributed by atoms with E-state index in [-0.39, 0.29) is 6.04 Å². The molecule has 1 unspecified atom stereocenters. The molecule has 0 fully saturated rings. The van der Waals surface area contributed by atoms with Gasteiger partial charge in [-0.1, -0.05) is 24.3 Å². The van der Waals surface area contributed by atoms with Crippen molar-refractivity contribution < 1.29 is 9.59 Å². The van der Waals surface area contributed by atoms with E-state index in [1.54, 1.807) is 17.2 Å². The topological polar surface area (TPSA) is 62.3 Å². The number of nitrogens with one attached hydrogen (secondary N) is 1. The van der Waals surface area contributed by atoms with Gasteiger partial charge in [0.15, 0.2) is 0 Å². The number of hydrogen-bond donors (Lipinski definition) is 1. The van der Waals surface area contributed by atoms with Gasteiger partial charge in [0.05, 0.1) is 0 Å². The van der Waals surface area contributed by atoms with Crippen molar-refractivity contribution >= 4 is 23.3 Å². The number of benzene rings is 1. The van der Waals surface area contributed by atoms with E-state index in [4.69, 9.17) is 0 Å². The van der Waals surface area contributed by atoms with Crippen LogP contribution in [0.25, 0.3) is 0 Å². The first kappa shape index (κ1) is 14.3. The molecule has 1 N–H and O–H groups in total. The first-order valence-electron chi connectivity index (χ1n) is 7.22. The normalized spacial score (nSPS) is 16.3. The molecule has 3 rings (SSSR count). The zero-order valence-electron chi connectivity index (χ0n) is 12.5. The van der Waals surface area contributed by atoms with Gasteiger partial charge in [0, 0.05) is 17.9 Å². The van der Waals surface area contributed by atoms with Gasteiger partial charge in [0.25, 0.3) is 0 Å². The van der Waals surface area contributed by atoms with Crippen molar-refractivity contribution in [1.82, 2.24) is 4.98 Å². The summed E-state index contributed by atoms with van der Waals surface area (Å²) in [7, 11) is 0. The fourth-order valence-electron chi connectivity index (χ4n) is 2.76. The van der Waals surface area contributed by atoms with E-state index in [2.05, 4.69) is 10.3 Å². The highest BCUT2D eigenvalue weighted by Gasteiger charge is 2.34. The number of aromatic nitrogens is 1. The Kier molecular flexibility index (Phi) is 3.63. The molecule has 1 atom stereocenters. The molecule has 1 aromatic heterocycles. The Labute approximate surface area is 129 Å². The Morgan fingerprint density at radius 3 is 2.77 bits per heavy atom. The summed E-state index contributed by atoms with van der Waals surface area (Å²) in [6.45, 7) is 3.78. The summed E-state index contributed by atoms with van der Waals surface area (Å²) in [4.78, 5) is 30.4. The molecule has 0 spiro atoms. The SMILES string of the molecule is Cc1cccnc1NC(=O)C(=O)N1c2ccccc2CC1C. The number of carbonyl (C=O) groups is 2. The molecule has 0 saturated carbocycles. The van der Waals surface area contributed by atoms with Gasteiger partial charge in [-0.25, -0.2) is 4.98 Å². The second-order valence-corrected chi connectivity index (χ2v) is 5.48. The van der Waals surface area contributed by atoms with Crippen LogP contribution in [0.3, 0.4) is 0 Å². The molecule has 0 aliphatic carbocycles. The van der Waals surface area contributed by atoms with E-state index in [0.29, 0.717) is 5.82 Å². The maximum Gasteiger partial charge on any atom is 0.316 e. The van der Waals surface area contributed by atoms with Crippen molar-refractivity contribution in [2.45, 2.75) is 26.3 Å². The Hall–Kier alpha value is -2.69. The second kappa shape index (κ2) is 5.60. The quantitative estimate of drug-likeness (QED) is 0.821. The summed E-state index contributed by atoms with van der Waals surface area (Å²) >= 11 is 0. The Bertz CT molecular complexity index is 742. The van der Waals surface area contributed by atoms with Gasteiger partial charge in [-0.15, -0.1) is 0 Å². The average molecular weight is 295 g/mol. The van der Waals surface area contributed by atoms with Gasteiger partial charge >= 0.3 is 11.8 Å². The van der Waals surface area contributed by atoms with Gasteiger partial charge in [0.2, 0.25) is 0 Å². The number of para-hydroxylation sites is 1. The summed E-state index contributed by atoms with van der Waals surface area (Å²) in [6, 6.07) is 11.3. The van der Waals surface area contributed by atoms with Crippen molar-refractivity contribution in [3.63, 3.8) is 0 Å². The highest BCUT2D eigenvalue weighted by Crippen LogP contribution is 2.31. The van der Waals surface area contributed by atoms with E-state index in [9.17, 15) is 9.59 Å². The van der Waals surface area contributed by atoms with E-state index < -0.39 is 11.8 Å². The molecule has 2 heterocycles. The molecule has 5 heteroatoms. The first-order chi connectivity index (χ1) is 10.6. The molecule has 0 bridgehead atoms. The summed E-state index contributed by atoms with van der Waals surface area (Å²) in [6.07, 6.45) is 2.35. The molecule has 112 valence electrons. The number of nitrogens with zero attached hydrogens (tertiary/aromatic N) is 2. The molecular weight excluding hydrogens is 278 g/mol. The summed E-state index contributed by atoms with van der Waals surface area (Å²) < 4.78 is 0. The Morgan fingerprint density at radius 2 is 2.00 bits per heavy atom. The molecule has 5 nitrogen and oxygen atoms in total. The molecule has 2 aromatic rings. The van der Waals surface area contributed by atoms with Crippen molar-refractivity contribution in [1.29, 1.82) is 0 Å². The third kappa shape index (κ3) is 2.45.